The van der Waals surface area contributed by atoms with Crippen LogP contribution in [0.15, 0.2) is 20.1 Å². The second-order valence-electron chi connectivity index (χ2n) is 4.43. The standard InChI is InChI=1S/C11H15BrN2O3S2/c1-8(11(15)14-6-2-3-7-14)13-19(16,17)10-5-4-9(12)18-10/h4-5,8,13H,2-3,6-7H2,1H3. The van der Waals surface area contributed by atoms with Gasteiger partial charge in [-0.2, -0.15) is 4.72 Å². The minimum absolute atomic E-state index is 0.156. The minimum Gasteiger partial charge on any atom is -0.341 e. The van der Waals surface area contributed by atoms with Crippen LogP contribution < -0.4 is 4.72 Å². The van der Waals surface area contributed by atoms with Crippen molar-refractivity contribution in [1.29, 1.82) is 0 Å². The molecule has 8 heteroatoms. The number of sulfonamides is 1. The molecular formula is C11H15BrN2O3S2. The van der Waals surface area contributed by atoms with E-state index in [1.165, 1.54) is 6.07 Å². The Hall–Kier alpha value is -0.440. The number of hydrogen-bond acceptors (Lipinski definition) is 4. The van der Waals surface area contributed by atoms with Gasteiger partial charge in [0.1, 0.15) is 4.21 Å². The molecule has 1 saturated heterocycles. The highest BCUT2D eigenvalue weighted by Gasteiger charge is 2.27. The van der Waals surface area contributed by atoms with E-state index in [4.69, 9.17) is 0 Å². The fourth-order valence-corrected chi connectivity index (χ4v) is 5.22. The molecule has 1 aromatic rings. The maximum absolute atomic E-state index is 12.1. The van der Waals surface area contributed by atoms with E-state index in [-0.39, 0.29) is 10.1 Å². The monoisotopic (exact) mass is 366 g/mol. The van der Waals surface area contributed by atoms with E-state index in [1.807, 2.05) is 0 Å². The number of likely N-dealkylation sites (tertiary alicyclic amines) is 1. The third-order valence-electron chi connectivity index (χ3n) is 2.93. The first-order chi connectivity index (χ1) is 8.90. The fraction of sp³-hybridized carbons (Fsp3) is 0.545. The van der Waals surface area contributed by atoms with Crippen LogP contribution in [-0.2, 0) is 14.8 Å². The van der Waals surface area contributed by atoms with Gasteiger partial charge >= 0.3 is 0 Å². The topological polar surface area (TPSA) is 66.5 Å². The van der Waals surface area contributed by atoms with Crippen molar-refractivity contribution in [3.63, 3.8) is 0 Å². The Kier molecular flexibility index (Phi) is 4.65. The second-order valence-corrected chi connectivity index (χ2v) is 8.84. The highest BCUT2D eigenvalue weighted by atomic mass is 79.9. The van der Waals surface area contributed by atoms with E-state index in [2.05, 4.69) is 20.7 Å². The van der Waals surface area contributed by atoms with Gasteiger partial charge in [-0.1, -0.05) is 0 Å². The van der Waals surface area contributed by atoms with E-state index in [0.29, 0.717) is 0 Å². The van der Waals surface area contributed by atoms with Crippen LogP contribution >= 0.6 is 27.3 Å². The highest BCUT2D eigenvalue weighted by molar-refractivity contribution is 9.11. The molecule has 1 fully saturated rings. The van der Waals surface area contributed by atoms with Gasteiger partial charge in [-0.05, 0) is 47.8 Å². The van der Waals surface area contributed by atoms with Gasteiger partial charge in [-0.15, -0.1) is 11.3 Å². The van der Waals surface area contributed by atoms with Gasteiger partial charge in [0, 0.05) is 13.1 Å². The number of carbonyl (C=O) groups is 1. The predicted molar refractivity (Wildman–Crippen MR) is 77.6 cm³/mol. The number of rotatable bonds is 4. The molecule has 0 aromatic carbocycles. The van der Waals surface area contributed by atoms with Gasteiger partial charge in [-0.3, -0.25) is 4.79 Å². The number of halogens is 1. The molecule has 5 nitrogen and oxygen atoms in total. The van der Waals surface area contributed by atoms with Crippen LogP contribution in [0.3, 0.4) is 0 Å². The Balaban J connectivity index is 2.05. The number of carbonyl (C=O) groups excluding carboxylic acids is 1. The molecule has 1 unspecified atom stereocenters. The lowest BCUT2D eigenvalue weighted by Crippen LogP contribution is -2.45. The fourth-order valence-electron chi connectivity index (χ4n) is 1.99. The van der Waals surface area contributed by atoms with Crippen LogP contribution in [-0.4, -0.2) is 38.4 Å². The summed E-state index contributed by atoms with van der Waals surface area (Å²) in [5, 5.41) is 0. The molecular weight excluding hydrogens is 352 g/mol. The lowest BCUT2D eigenvalue weighted by molar-refractivity contribution is -0.131. The molecule has 2 rings (SSSR count). The summed E-state index contributed by atoms with van der Waals surface area (Å²) in [7, 11) is -3.62. The summed E-state index contributed by atoms with van der Waals surface area (Å²) in [4.78, 5) is 13.8. The average Bonchev–Trinajstić information content (AvgIpc) is 2.97. The third kappa shape index (κ3) is 3.56. The molecule has 0 bridgehead atoms. The first-order valence-electron chi connectivity index (χ1n) is 5.96. The van der Waals surface area contributed by atoms with Crippen molar-refractivity contribution in [2.24, 2.45) is 0 Å². The maximum Gasteiger partial charge on any atom is 0.250 e. The van der Waals surface area contributed by atoms with Crippen molar-refractivity contribution >= 4 is 43.2 Å². The Morgan fingerprint density at radius 2 is 2.05 bits per heavy atom. The maximum atomic E-state index is 12.1. The Morgan fingerprint density at radius 3 is 2.58 bits per heavy atom. The minimum atomic E-state index is -3.62. The number of thiophene rings is 1. The molecule has 2 heterocycles. The SMILES string of the molecule is CC(NS(=O)(=O)c1ccc(Br)s1)C(=O)N1CCCC1. The van der Waals surface area contributed by atoms with Crippen LogP contribution in [0.2, 0.25) is 0 Å². The first kappa shape index (κ1) is 15.0. The molecule has 1 aliphatic heterocycles. The van der Waals surface area contributed by atoms with Crippen LogP contribution in [0.4, 0.5) is 0 Å². The third-order valence-corrected chi connectivity index (χ3v) is 6.59. The summed E-state index contributed by atoms with van der Waals surface area (Å²) in [5.74, 6) is -0.156. The van der Waals surface area contributed by atoms with Crippen molar-refractivity contribution in [2.75, 3.05) is 13.1 Å². The zero-order valence-corrected chi connectivity index (χ0v) is 13.6. The number of nitrogens with one attached hydrogen (secondary N) is 1. The Bertz CT molecular complexity index is 564. The molecule has 106 valence electrons. The molecule has 0 aliphatic carbocycles. The van der Waals surface area contributed by atoms with Crippen LogP contribution in [0.25, 0.3) is 0 Å². The van der Waals surface area contributed by atoms with Crippen molar-refractivity contribution in [1.82, 2.24) is 9.62 Å². The second kappa shape index (κ2) is 5.90. The van der Waals surface area contributed by atoms with E-state index >= 15 is 0 Å². The molecule has 1 aliphatic rings. The summed E-state index contributed by atoms with van der Waals surface area (Å²) in [6.45, 7) is 3.02. The largest absolute Gasteiger partial charge is 0.341 e. The predicted octanol–water partition coefficient (Wildman–Crippen LogP) is 1.80. The summed E-state index contributed by atoms with van der Waals surface area (Å²) in [6.07, 6.45) is 1.98. The van der Waals surface area contributed by atoms with E-state index < -0.39 is 16.1 Å². The molecule has 0 spiro atoms. The smallest absolute Gasteiger partial charge is 0.250 e. The number of nitrogens with zero attached hydrogens (tertiary/aromatic N) is 1. The van der Waals surface area contributed by atoms with Gasteiger partial charge in [0.25, 0.3) is 10.0 Å². The van der Waals surface area contributed by atoms with Crippen LogP contribution in [0.5, 0.6) is 0 Å². The van der Waals surface area contributed by atoms with Crippen LogP contribution in [0.1, 0.15) is 19.8 Å². The van der Waals surface area contributed by atoms with Gasteiger partial charge in [0.15, 0.2) is 0 Å². The molecule has 1 aromatic heterocycles. The highest BCUT2D eigenvalue weighted by Crippen LogP contribution is 2.26. The van der Waals surface area contributed by atoms with E-state index in [9.17, 15) is 13.2 Å². The van der Waals surface area contributed by atoms with Gasteiger partial charge in [-0.25, -0.2) is 8.42 Å². The van der Waals surface area contributed by atoms with E-state index in [1.54, 1.807) is 17.9 Å². The molecule has 0 saturated carbocycles. The molecule has 0 radical (unpaired) electrons. The zero-order valence-electron chi connectivity index (χ0n) is 10.4. The molecule has 19 heavy (non-hydrogen) atoms. The summed E-state index contributed by atoms with van der Waals surface area (Å²) >= 11 is 4.35. The van der Waals surface area contributed by atoms with Gasteiger partial charge in [0.2, 0.25) is 5.91 Å². The Morgan fingerprint density at radius 1 is 1.42 bits per heavy atom. The molecule has 1 atom stereocenters. The lowest BCUT2D eigenvalue weighted by Gasteiger charge is -2.20. The van der Waals surface area contributed by atoms with Crippen LogP contribution in [0, 0.1) is 0 Å². The van der Waals surface area contributed by atoms with Crippen molar-refractivity contribution in [3.05, 3.63) is 15.9 Å². The van der Waals surface area contributed by atoms with Gasteiger partial charge < -0.3 is 4.90 Å². The van der Waals surface area contributed by atoms with E-state index in [0.717, 1.165) is 41.1 Å². The normalized spacial score (nSPS) is 17.7. The van der Waals surface area contributed by atoms with Gasteiger partial charge in [0.05, 0.1) is 9.83 Å². The molecule has 1 N–H and O–H groups in total. The lowest BCUT2D eigenvalue weighted by atomic mass is 10.3. The average molecular weight is 367 g/mol. The quantitative estimate of drug-likeness (QED) is 0.883. The van der Waals surface area contributed by atoms with Crippen molar-refractivity contribution in [3.8, 4) is 0 Å². The van der Waals surface area contributed by atoms with Crippen molar-refractivity contribution < 1.29 is 13.2 Å². The Labute approximate surface area is 125 Å². The summed E-state index contributed by atoms with van der Waals surface area (Å²) in [5.41, 5.74) is 0. The molecule has 1 amide bonds. The number of hydrogen-bond donors (Lipinski definition) is 1. The summed E-state index contributed by atoms with van der Waals surface area (Å²) < 4.78 is 27.5. The summed E-state index contributed by atoms with van der Waals surface area (Å²) in [6, 6.07) is 2.46. The number of amides is 1. The first-order valence-corrected chi connectivity index (χ1v) is 9.06. The zero-order chi connectivity index (χ0) is 14.0. The van der Waals surface area contributed by atoms with Crippen molar-refractivity contribution in [2.45, 2.75) is 30.0 Å².